The third-order valence-electron chi connectivity index (χ3n) is 3.80. The highest BCUT2D eigenvalue weighted by molar-refractivity contribution is 5.26. The number of hydrogen-bond donors (Lipinski definition) is 2. The van der Waals surface area contributed by atoms with Gasteiger partial charge in [0, 0.05) is 24.3 Å². The SMILES string of the molecule is Cc1c(F)cccc1C[NH2+]CC1CC[NH2+]CC1. The zero-order valence-electron chi connectivity index (χ0n) is 10.6. The number of nitrogens with two attached hydrogens (primary N) is 2. The highest BCUT2D eigenvalue weighted by Crippen LogP contribution is 2.10. The normalized spacial score (nSPS) is 17.3. The number of rotatable bonds is 4. The van der Waals surface area contributed by atoms with Crippen LogP contribution in [0.2, 0.25) is 0 Å². The summed E-state index contributed by atoms with van der Waals surface area (Å²) in [6, 6.07) is 5.38. The molecule has 0 unspecified atom stereocenters. The summed E-state index contributed by atoms with van der Waals surface area (Å²) in [6.45, 7) is 6.51. The molecule has 1 aliphatic heterocycles. The summed E-state index contributed by atoms with van der Waals surface area (Å²) in [5, 5.41) is 4.73. The van der Waals surface area contributed by atoms with Crippen LogP contribution in [0.15, 0.2) is 18.2 Å². The van der Waals surface area contributed by atoms with E-state index >= 15 is 0 Å². The predicted octanol–water partition coefficient (Wildman–Crippen LogP) is 0.171. The van der Waals surface area contributed by atoms with Crippen molar-refractivity contribution in [1.29, 1.82) is 0 Å². The Bertz CT molecular complexity index is 359. The third-order valence-corrected chi connectivity index (χ3v) is 3.80. The molecular weight excluding hydrogens is 215 g/mol. The lowest BCUT2D eigenvalue weighted by molar-refractivity contribution is -0.692. The van der Waals surface area contributed by atoms with Crippen molar-refractivity contribution in [1.82, 2.24) is 0 Å². The van der Waals surface area contributed by atoms with Gasteiger partial charge in [-0.15, -0.1) is 0 Å². The number of hydrogen-bond acceptors (Lipinski definition) is 0. The van der Waals surface area contributed by atoms with Crippen molar-refractivity contribution >= 4 is 0 Å². The molecule has 1 aliphatic rings. The molecule has 1 aromatic carbocycles. The molecule has 0 spiro atoms. The van der Waals surface area contributed by atoms with Crippen molar-refractivity contribution < 1.29 is 15.0 Å². The van der Waals surface area contributed by atoms with Gasteiger partial charge in [0.2, 0.25) is 0 Å². The van der Waals surface area contributed by atoms with Gasteiger partial charge >= 0.3 is 0 Å². The number of benzene rings is 1. The number of halogens is 1. The molecule has 1 saturated heterocycles. The molecule has 0 aromatic heterocycles. The molecule has 94 valence electrons. The van der Waals surface area contributed by atoms with E-state index in [2.05, 4.69) is 10.6 Å². The van der Waals surface area contributed by atoms with E-state index in [1.54, 1.807) is 6.07 Å². The van der Waals surface area contributed by atoms with E-state index in [-0.39, 0.29) is 5.82 Å². The van der Waals surface area contributed by atoms with Crippen molar-refractivity contribution in [2.45, 2.75) is 26.3 Å². The predicted molar refractivity (Wildman–Crippen MR) is 66.0 cm³/mol. The van der Waals surface area contributed by atoms with Crippen LogP contribution in [0.1, 0.15) is 24.0 Å². The lowest BCUT2D eigenvalue weighted by Gasteiger charge is -2.18. The largest absolute Gasteiger partial charge is 0.346 e. The summed E-state index contributed by atoms with van der Waals surface area (Å²) in [5.74, 6) is 0.775. The molecule has 0 amide bonds. The van der Waals surface area contributed by atoms with Crippen LogP contribution in [0.5, 0.6) is 0 Å². The van der Waals surface area contributed by atoms with Gasteiger partial charge in [0.1, 0.15) is 12.4 Å². The van der Waals surface area contributed by atoms with Gasteiger partial charge < -0.3 is 10.6 Å². The smallest absolute Gasteiger partial charge is 0.126 e. The molecule has 1 fully saturated rings. The van der Waals surface area contributed by atoms with Crippen LogP contribution >= 0.6 is 0 Å². The molecular formula is C14H23FN2+2. The van der Waals surface area contributed by atoms with Crippen molar-refractivity contribution in [2.24, 2.45) is 5.92 Å². The Hall–Kier alpha value is -0.930. The molecule has 0 aliphatic carbocycles. The Labute approximate surface area is 103 Å². The quantitative estimate of drug-likeness (QED) is 0.750. The Balaban J connectivity index is 1.79. The molecule has 2 rings (SSSR count). The molecule has 4 N–H and O–H groups in total. The molecule has 0 atom stereocenters. The first kappa shape index (κ1) is 12.5. The van der Waals surface area contributed by atoms with E-state index in [0.717, 1.165) is 23.6 Å². The Morgan fingerprint density at radius 2 is 2.12 bits per heavy atom. The van der Waals surface area contributed by atoms with Crippen LogP contribution in [-0.4, -0.2) is 19.6 Å². The summed E-state index contributed by atoms with van der Waals surface area (Å²) >= 11 is 0. The van der Waals surface area contributed by atoms with Crippen LogP contribution in [-0.2, 0) is 6.54 Å². The molecule has 3 heteroatoms. The van der Waals surface area contributed by atoms with Gasteiger partial charge in [-0.2, -0.15) is 0 Å². The zero-order valence-corrected chi connectivity index (χ0v) is 10.6. The Morgan fingerprint density at radius 1 is 1.35 bits per heavy atom. The number of quaternary nitrogens is 2. The van der Waals surface area contributed by atoms with Crippen molar-refractivity contribution in [2.75, 3.05) is 19.6 Å². The fraction of sp³-hybridized carbons (Fsp3) is 0.571. The van der Waals surface area contributed by atoms with Crippen LogP contribution < -0.4 is 10.6 Å². The van der Waals surface area contributed by atoms with E-state index in [1.165, 1.54) is 38.5 Å². The second-order valence-electron chi connectivity index (χ2n) is 5.06. The van der Waals surface area contributed by atoms with Crippen molar-refractivity contribution in [3.8, 4) is 0 Å². The monoisotopic (exact) mass is 238 g/mol. The summed E-state index contributed by atoms with van der Waals surface area (Å²) in [5.41, 5.74) is 1.94. The van der Waals surface area contributed by atoms with Gasteiger partial charge in [-0.25, -0.2) is 4.39 Å². The average molecular weight is 238 g/mol. The van der Waals surface area contributed by atoms with Crippen molar-refractivity contribution in [3.63, 3.8) is 0 Å². The first-order chi connectivity index (χ1) is 8.27. The maximum atomic E-state index is 13.3. The molecule has 1 heterocycles. The van der Waals surface area contributed by atoms with Crippen molar-refractivity contribution in [3.05, 3.63) is 35.1 Å². The summed E-state index contributed by atoms with van der Waals surface area (Å²) in [4.78, 5) is 0. The maximum Gasteiger partial charge on any atom is 0.126 e. The van der Waals surface area contributed by atoms with E-state index in [0.29, 0.717) is 0 Å². The minimum Gasteiger partial charge on any atom is -0.346 e. The summed E-state index contributed by atoms with van der Waals surface area (Å²) in [6.07, 6.45) is 2.66. The van der Waals surface area contributed by atoms with Crippen LogP contribution in [0, 0.1) is 18.7 Å². The zero-order chi connectivity index (χ0) is 12.1. The second kappa shape index (κ2) is 6.12. The summed E-state index contributed by atoms with van der Waals surface area (Å²) < 4.78 is 13.3. The minimum absolute atomic E-state index is 0.0804. The molecule has 17 heavy (non-hydrogen) atoms. The van der Waals surface area contributed by atoms with Crippen LogP contribution in [0.4, 0.5) is 4.39 Å². The Kier molecular flexibility index (Phi) is 4.51. The fourth-order valence-corrected chi connectivity index (χ4v) is 2.58. The molecule has 0 saturated carbocycles. The Morgan fingerprint density at radius 3 is 2.88 bits per heavy atom. The van der Waals surface area contributed by atoms with Gasteiger partial charge in [0.15, 0.2) is 0 Å². The van der Waals surface area contributed by atoms with E-state index in [1.807, 2.05) is 13.0 Å². The fourth-order valence-electron chi connectivity index (χ4n) is 2.58. The number of piperidine rings is 1. The van der Waals surface area contributed by atoms with Gasteiger partial charge in [-0.05, 0) is 18.6 Å². The lowest BCUT2D eigenvalue weighted by Crippen LogP contribution is -2.89. The van der Waals surface area contributed by atoms with E-state index < -0.39 is 0 Å². The second-order valence-corrected chi connectivity index (χ2v) is 5.06. The minimum atomic E-state index is -0.0804. The third kappa shape index (κ3) is 3.51. The molecule has 0 bridgehead atoms. The lowest BCUT2D eigenvalue weighted by atomic mass is 9.98. The van der Waals surface area contributed by atoms with E-state index in [4.69, 9.17) is 0 Å². The molecule has 0 radical (unpaired) electrons. The molecule has 2 nitrogen and oxygen atoms in total. The average Bonchev–Trinajstić information content (AvgIpc) is 2.36. The maximum absolute atomic E-state index is 13.3. The van der Waals surface area contributed by atoms with E-state index in [9.17, 15) is 4.39 Å². The van der Waals surface area contributed by atoms with Crippen LogP contribution in [0.3, 0.4) is 0 Å². The molecule has 1 aromatic rings. The standard InChI is InChI=1S/C14H21FN2/c1-11-13(3-2-4-14(11)15)10-17-9-12-5-7-16-8-6-12/h2-4,12,16-17H,5-10H2,1H3/p+2. The van der Waals surface area contributed by atoms with Gasteiger partial charge in [0.25, 0.3) is 0 Å². The first-order valence-electron chi connectivity index (χ1n) is 6.64. The summed E-state index contributed by atoms with van der Waals surface area (Å²) in [7, 11) is 0. The van der Waals surface area contributed by atoms with Gasteiger partial charge in [-0.3, -0.25) is 0 Å². The highest BCUT2D eigenvalue weighted by atomic mass is 19.1. The first-order valence-corrected chi connectivity index (χ1v) is 6.64. The topological polar surface area (TPSA) is 33.2 Å². The van der Waals surface area contributed by atoms with Gasteiger partial charge in [-0.1, -0.05) is 12.1 Å². The van der Waals surface area contributed by atoms with Gasteiger partial charge in [0.05, 0.1) is 19.6 Å². The van der Waals surface area contributed by atoms with Crippen LogP contribution in [0.25, 0.3) is 0 Å². The highest BCUT2D eigenvalue weighted by Gasteiger charge is 2.16.